The van der Waals surface area contributed by atoms with Crippen molar-refractivity contribution in [2.45, 2.75) is 25.7 Å². The molecule has 4 nitrogen and oxygen atoms in total. The number of rotatable bonds is 4. The highest BCUT2D eigenvalue weighted by Gasteiger charge is 2.43. The number of carboxylic acids is 1. The number of amides is 1. The highest BCUT2D eigenvalue weighted by molar-refractivity contribution is 6.30. The first-order valence-electron chi connectivity index (χ1n) is 7.74. The monoisotopic (exact) mass is 321 g/mol. The van der Waals surface area contributed by atoms with Crippen molar-refractivity contribution in [2.75, 3.05) is 13.1 Å². The highest BCUT2D eigenvalue weighted by atomic mass is 35.5. The Labute approximate surface area is 135 Å². The molecular formula is C17H20ClNO3. The molecule has 1 saturated heterocycles. The third kappa shape index (κ3) is 2.98. The minimum absolute atomic E-state index is 0.0124. The van der Waals surface area contributed by atoms with Gasteiger partial charge in [-0.2, -0.15) is 0 Å². The van der Waals surface area contributed by atoms with E-state index in [1.54, 1.807) is 17.0 Å². The quantitative estimate of drug-likeness (QED) is 0.927. The maximum absolute atomic E-state index is 12.5. The SMILES string of the molecule is CC(C(=O)N1C[C@@H](C(=O)O)[C@H](c2ccc(Cl)cc2)C1)C1CC1. The Morgan fingerprint density at radius 1 is 1.23 bits per heavy atom. The molecule has 1 aliphatic heterocycles. The molecule has 1 saturated carbocycles. The van der Waals surface area contributed by atoms with Crippen LogP contribution in [0.5, 0.6) is 0 Å². The summed E-state index contributed by atoms with van der Waals surface area (Å²) in [6.07, 6.45) is 2.23. The fourth-order valence-corrected chi connectivity index (χ4v) is 3.49. The lowest BCUT2D eigenvalue weighted by Gasteiger charge is -2.20. The number of benzene rings is 1. The first-order chi connectivity index (χ1) is 10.5. The van der Waals surface area contributed by atoms with Gasteiger partial charge in [0.2, 0.25) is 5.91 Å². The second-order valence-electron chi connectivity index (χ2n) is 6.47. The fraction of sp³-hybridized carbons (Fsp3) is 0.529. The number of carbonyl (C=O) groups excluding carboxylic acids is 1. The van der Waals surface area contributed by atoms with Gasteiger partial charge in [-0.1, -0.05) is 30.7 Å². The van der Waals surface area contributed by atoms with Crippen LogP contribution in [0.3, 0.4) is 0 Å². The van der Waals surface area contributed by atoms with Crippen LogP contribution in [0, 0.1) is 17.8 Å². The Balaban J connectivity index is 1.78. The average molecular weight is 322 g/mol. The van der Waals surface area contributed by atoms with Gasteiger partial charge in [-0.25, -0.2) is 0 Å². The number of carboxylic acid groups (broad SMARTS) is 1. The van der Waals surface area contributed by atoms with Crippen molar-refractivity contribution in [3.05, 3.63) is 34.9 Å². The molecule has 2 aliphatic rings. The minimum Gasteiger partial charge on any atom is -0.481 e. The van der Waals surface area contributed by atoms with E-state index in [-0.39, 0.29) is 17.7 Å². The summed E-state index contributed by atoms with van der Waals surface area (Å²) in [5, 5.41) is 10.1. The van der Waals surface area contributed by atoms with E-state index in [4.69, 9.17) is 11.6 Å². The van der Waals surface area contributed by atoms with Crippen LogP contribution in [0.4, 0.5) is 0 Å². The Bertz CT molecular complexity index is 582. The van der Waals surface area contributed by atoms with E-state index in [0.29, 0.717) is 24.0 Å². The third-order valence-corrected chi connectivity index (χ3v) is 5.22. The summed E-state index contributed by atoms with van der Waals surface area (Å²) in [6, 6.07) is 7.27. The molecule has 1 aromatic rings. The molecule has 1 aromatic carbocycles. The van der Waals surface area contributed by atoms with E-state index in [9.17, 15) is 14.7 Å². The molecule has 5 heteroatoms. The third-order valence-electron chi connectivity index (χ3n) is 4.97. The number of hydrogen-bond donors (Lipinski definition) is 1. The summed E-state index contributed by atoms with van der Waals surface area (Å²) in [7, 11) is 0. The van der Waals surface area contributed by atoms with Crippen LogP contribution < -0.4 is 0 Å². The molecular weight excluding hydrogens is 302 g/mol. The predicted octanol–water partition coefficient (Wildman–Crippen LogP) is 3.01. The summed E-state index contributed by atoms with van der Waals surface area (Å²) >= 11 is 5.90. The summed E-state index contributed by atoms with van der Waals surface area (Å²) < 4.78 is 0. The zero-order chi connectivity index (χ0) is 15.9. The van der Waals surface area contributed by atoms with Crippen molar-refractivity contribution in [1.82, 2.24) is 4.90 Å². The van der Waals surface area contributed by atoms with Gasteiger partial charge in [-0.15, -0.1) is 0 Å². The summed E-state index contributed by atoms with van der Waals surface area (Å²) in [5.41, 5.74) is 0.936. The number of hydrogen-bond acceptors (Lipinski definition) is 2. The van der Waals surface area contributed by atoms with Gasteiger partial charge in [0.15, 0.2) is 0 Å². The van der Waals surface area contributed by atoms with Gasteiger partial charge in [0.25, 0.3) is 0 Å². The molecule has 1 heterocycles. The van der Waals surface area contributed by atoms with Crippen molar-refractivity contribution in [1.29, 1.82) is 0 Å². The van der Waals surface area contributed by atoms with Gasteiger partial charge in [-0.05, 0) is 36.5 Å². The van der Waals surface area contributed by atoms with Crippen LogP contribution in [0.15, 0.2) is 24.3 Å². The van der Waals surface area contributed by atoms with Crippen LogP contribution in [0.25, 0.3) is 0 Å². The molecule has 2 fully saturated rings. The zero-order valence-electron chi connectivity index (χ0n) is 12.5. The van der Waals surface area contributed by atoms with Crippen LogP contribution in [-0.4, -0.2) is 35.0 Å². The predicted molar refractivity (Wildman–Crippen MR) is 83.8 cm³/mol. The molecule has 22 heavy (non-hydrogen) atoms. The van der Waals surface area contributed by atoms with Crippen LogP contribution in [0.1, 0.15) is 31.2 Å². The summed E-state index contributed by atoms with van der Waals surface area (Å²) in [5.74, 6) is -0.940. The van der Waals surface area contributed by atoms with Crippen LogP contribution >= 0.6 is 11.6 Å². The van der Waals surface area contributed by atoms with Crippen molar-refractivity contribution >= 4 is 23.5 Å². The maximum atomic E-state index is 12.5. The van der Waals surface area contributed by atoms with Gasteiger partial charge in [-0.3, -0.25) is 9.59 Å². The number of carbonyl (C=O) groups is 2. The molecule has 1 amide bonds. The molecule has 118 valence electrons. The first-order valence-corrected chi connectivity index (χ1v) is 8.12. The molecule has 3 atom stereocenters. The minimum atomic E-state index is -0.839. The standard InChI is InChI=1S/C17H20ClNO3/c1-10(11-2-3-11)16(20)19-8-14(15(9-19)17(21)22)12-4-6-13(18)7-5-12/h4-7,10-11,14-15H,2-3,8-9H2,1H3,(H,21,22)/t10?,14-,15+/m0/s1. The molecule has 1 N–H and O–H groups in total. The second kappa shape index (κ2) is 5.92. The highest BCUT2D eigenvalue weighted by Crippen LogP contribution is 2.40. The molecule has 0 bridgehead atoms. The Morgan fingerprint density at radius 3 is 2.41 bits per heavy atom. The summed E-state index contributed by atoms with van der Waals surface area (Å²) in [4.78, 5) is 25.8. The van der Waals surface area contributed by atoms with Crippen molar-refractivity contribution in [3.63, 3.8) is 0 Å². The largest absolute Gasteiger partial charge is 0.481 e. The van der Waals surface area contributed by atoms with Gasteiger partial charge >= 0.3 is 5.97 Å². The van der Waals surface area contributed by atoms with Crippen molar-refractivity contribution < 1.29 is 14.7 Å². The van der Waals surface area contributed by atoms with Crippen LogP contribution in [0.2, 0.25) is 5.02 Å². The van der Waals surface area contributed by atoms with E-state index in [2.05, 4.69) is 0 Å². The lowest BCUT2D eigenvalue weighted by molar-refractivity contribution is -0.142. The molecule has 0 radical (unpaired) electrons. The van der Waals surface area contributed by atoms with Gasteiger partial charge < -0.3 is 10.0 Å². The van der Waals surface area contributed by atoms with E-state index in [0.717, 1.165) is 18.4 Å². The number of aliphatic carboxylic acids is 1. The molecule has 1 unspecified atom stereocenters. The maximum Gasteiger partial charge on any atom is 0.308 e. The van der Waals surface area contributed by atoms with Gasteiger partial charge in [0, 0.05) is 29.9 Å². The van der Waals surface area contributed by atoms with E-state index in [1.807, 2.05) is 19.1 Å². The topological polar surface area (TPSA) is 57.6 Å². The number of nitrogens with zero attached hydrogens (tertiary/aromatic N) is 1. The average Bonchev–Trinajstić information content (AvgIpc) is 3.25. The zero-order valence-corrected chi connectivity index (χ0v) is 13.3. The van der Waals surface area contributed by atoms with Crippen molar-refractivity contribution in [3.8, 4) is 0 Å². The Morgan fingerprint density at radius 2 is 1.86 bits per heavy atom. The van der Waals surface area contributed by atoms with E-state index in [1.165, 1.54) is 0 Å². The first kappa shape index (κ1) is 15.3. The summed E-state index contributed by atoms with van der Waals surface area (Å²) in [6.45, 7) is 2.75. The fourth-order valence-electron chi connectivity index (χ4n) is 3.37. The molecule has 1 aliphatic carbocycles. The Kier molecular flexibility index (Phi) is 4.13. The van der Waals surface area contributed by atoms with E-state index < -0.39 is 11.9 Å². The van der Waals surface area contributed by atoms with Crippen molar-refractivity contribution in [2.24, 2.45) is 17.8 Å². The van der Waals surface area contributed by atoms with Gasteiger partial charge in [0.1, 0.15) is 0 Å². The molecule has 3 rings (SSSR count). The molecule has 0 aromatic heterocycles. The lowest BCUT2D eigenvalue weighted by atomic mass is 9.89. The molecule has 0 spiro atoms. The number of likely N-dealkylation sites (tertiary alicyclic amines) is 1. The second-order valence-corrected chi connectivity index (χ2v) is 6.91. The van der Waals surface area contributed by atoms with Crippen LogP contribution in [-0.2, 0) is 9.59 Å². The smallest absolute Gasteiger partial charge is 0.308 e. The number of halogens is 1. The lowest BCUT2D eigenvalue weighted by Crippen LogP contribution is -2.34. The van der Waals surface area contributed by atoms with E-state index >= 15 is 0 Å². The van der Waals surface area contributed by atoms with Gasteiger partial charge in [0.05, 0.1) is 5.92 Å². The Hall–Kier alpha value is -1.55. The normalized spacial score (nSPS) is 26.0.